The molecular weight excluding hydrogens is 400 g/mol. The van der Waals surface area contributed by atoms with Crippen molar-refractivity contribution in [3.8, 4) is 11.1 Å². The number of nitrogens with zero attached hydrogens (tertiary/aromatic N) is 2. The molecule has 0 aliphatic carbocycles. The normalized spacial score (nSPS) is 19.7. The van der Waals surface area contributed by atoms with Crippen LogP contribution >= 0.6 is 22.7 Å². The first-order valence-corrected chi connectivity index (χ1v) is 11.9. The van der Waals surface area contributed by atoms with Gasteiger partial charge in [0.05, 0.1) is 29.1 Å². The van der Waals surface area contributed by atoms with Gasteiger partial charge in [0.25, 0.3) is 5.91 Å². The number of benzene rings is 1. The molecule has 1 aromatic carbocycles. The average Bonchev–Trinajstić information content (AvgIpc) is 3.54. The minimum atomic E-state index is 0.169. The van der Waals surface area contributed by atoms with Gasteiger partial charge in [-0.25, -0.2) is 0 Å². The minimum Gasteiger partial charge on any atom is -0.378 e. The Morgan fingerprint density at radius 2 is 1.86 bits per heavy atom. The number of ether oxygens (including phenoxy) is 1. The topological polar surface area (TPSA) is 32.8 Å². The molecule has 0 saturated carbocycles. The maximum absolute atomic E-state index is 13.5. The highest BCUT2D eigenvalue weighted by Gasteiger charge is 2.33. The second-order valence-electron chi connectivity index (χ2n) is 7.47. The summed E-state index contributed by atoms with van der Waals surface area (Å²) in [5.74, 6) is 0.169. The summed E-state index contributed by atoms with van der Waals surface area (Å²) in [5.41, 5.74) is 2.33. The molecule has 6 heteroatoms. The number of anilines is 1. The summed E-state index contributed by atoms with van der Waals surface area (Å²) in [7, 11) is 0. The number of amides is 1. The van der Waals surface area contributed by atoms with Gasteiger partial charge in [0.15, 0.2) is 0 Å². The number of carbonyl (C=O) groups excluding carboxylic acids is 1. The summed E-state index contributed by atoms with van der Waals surface area (Å²) in [6, 6.07) is 17.0. The van der Waals surface area contributed by atoms with Crippen LogP contribution in [0.4, 0.5) is 5.00 Å². The van der Waals surface area contributed by atoms with E-state index in [4.69, 9.17) is 4.74 Å². The summed E-state index contributed by atoms with van der Waals surface area (Å²) >= 11 is 3.39. The van der Waals surface area contributed by atoms with Gasteiger partial charge in [0.2, 0.25) is 0 Å². The maximum atomic E-state index is 13.5. The monoisotopic (exact) mass is 424 g/mol. The molecular formula is C23H24N2O2S2. The van der Waals surface area contributed by atoms with Crippen molar-refractivity contribution in [3.63, 3.8) is 0 Å². The Bertz CT molecular complexity index is 962. The fraction of sp³-hybridized carbons (Fsp3) is 0.348. The van der Waals surface area contributed by atoms with E-state index in [1.807, 2.05) is 6.07 Å². The molecule has 3 aromatic rings. The summed E-state index contributed by atoms with van der Waals surface area (Å²) in [6.45, 7) is 4.06. The zero-order valence-corrected chi connectivity index (χ0v) is 17.9. The molecule has 0 bridgehead atoms. The quantitative estimate of drug-likeness (QED) is 0.570. The molecule has 0 spiro atoms. The van der Waals surface area contributed by atoms with Gasteiger partial charge in [-0.1, -0.05) is 36.4 Å². The van der Waals surface area contributed by atoms with Crippen molar-refractivity contribution in [3.05, 3.63) is 63.7 Å². The number of likely N-dealkylation sites (tertiary alicyclic amines) is 1. The third kappa shape index (κ3) is 3.72. The Labute approximate surface area is 179 Å². The minimum absolute atomic E-state index is 0.169. The highest BCUT2D eigenvalue weighted by Crippen LogP contribution is 2.42. The van der Waals surface area contributed by atoms with Crippen molar-refractivity contribution in [2.45, 2.75) is 18.9 Å². The number of morpholine rings is 1. The first kappa shape index (κ1) is 18.9. The van der Waals surface area contributed by atoms with Crippen molar-refractivity contribution in [2.24, 2.45) is 0 Å². The smallest absolute Gasteiger partial charge is 0.264 e. The molecule has 2 saturated heterocycles. The van der Waals surface area contributed by atoms with Crippen molar-refractivity contribution in [1.82, 2.24) is 4.90 Å². The Kier molecular flexibility index (Phi) is 5.40. The van der Waals surface area contributed by atoms with Crippen LogP contribution in [0.2, 0.25) is 0 Å². The zero-order valence-electron chi connectivity index (χ0n) is 16.3. The number of hydrogen-bond donors (Lipinski definition) is 0. The van der Waals surface area contributed by atoms with Gasteiger partial charge in [0.1, 0.15) is 0 Å². The molecule has 4 heterocycles. The van der Waals surface area contributed by atoms with E-state index in [1.165, 1.54) is 15.4 Å². The van der Waals surface area contributed by atoms with E-state index in [-0.39, 0.29) is 11.9 Å². The zero-order chi connectivity index (χ0) is 19.6. The van der Waals surface area contributed by atoms with Crippen LogP contribution in [0.1, 0.15) is 33.4 Å². The highest BCUT2D eigenvalue weighted by atomic mass is 32.1. The SMILES string of the molecule is O=C(c1cc(-c2ccccc2)c(N2CCOCC2)s1)N1CCCC1c1cccs1. The van der Waals surface area contributed by atoms with Gasteiger partial charge >= 0.3 is 0 Å². The van der Waals surface area contributed by atoms with Gasteiger partial charge < -0.3 is 14.5 Å². The summed E-state index contributed by atoms with van der Waals surface area (Å²) in [4.78, 5) is 20.1. The molecule has 29 heavy (non-hydrogen) atoms. The summed E-state index contributed by atoms with van der Waals surface area (Å²) < 4.78 is 5.55. The van der Waals surface area contributed by atoms with E-state index in [9.17, 15) is 4.79 Å². The number of carbonyl (C=O) groups is 1. The molecule has 1 unspecified atom stereocenters. The maximum Gasteiger partial charge on any atom is 0.264 e. The molecule has 1 atom stereocenters. The van der Waals surface area contributed by atoms with E-state index in [2.05, 4.69) is 57.6 Å². The average molecular weight is 425 g/mol. The fourth-order valence-corrected chi connectivity index (χ4v) is 6.30. The molecule has 2 aliphatic rings. The van der Waals surface area contributed by atoms with Crippen LogP contribution in [0.5, 0.6) is 0 Å². The standard InChI is InChI=1S/C23H24N2O2S2/c26-22(25-10-4-8-19(25)20-9-5-15-28-20)21-16-18(17-6-2-1-3-7-17)23(29-21)24-11-13-27-14-12-24/h1-3,5-7,9,15-16,19H,4,8,10-14H2. The first-order valence-electron chi connectivity index (χ1n) is 10.2. The van der Waals surface area contributed by atoms with Crippen molar-refractivity contribution in [1.29, 1.82) is 0 Å². The molecule has 2 aliphatic heterocycles. The van der Waals surface area contributed by atoms with Crippen molar-refractivity contribution < 1.29 is 9.53 Å². The fourth-order valence-electron chi connectivity index (χ4n) is 4.24. The second kappa shape index (κ2) is 8.30. The number of rotatable bonds is 4. The van der Waals surface area contributed by atoms with Crippen LogP contribution in [-0.4, -0.2) is 43.7 Å². The van der Waals surface area contributed by atoms with Crippen LogP contribution in [0.3, 0.4) is 0 Å². The van der Waals surface area contributed by atoms with E-state index < -0.39 is 0 Å². The Balaban J connectivity index is 1.50. The lowest BCUT2D eigenvalue weighted by Crippen LogP contribution is -2.35. The Hall–Kier alpha value is -2.15. The number of hydrogen-bond acceptors (Lipinski definition) is 5. The second-order valence-corrected chi connectivity index (χ2v) is 9.48. The molecule has 2 aromatic heterocycles. The lowest BCUT2D eigenvalue weighted by molar-refractivity contribution is 0.0743. The number of thiophene rings is 2. The molecule has 5 rings (SSSR count). The molecule has 0 radical (unpaired) electrons. The van der Waals surface area contributed by atoms with Crippen molar-refractivity contribution >= 4 is 33.6 Å². The van der Waals surface area contributed by atoms with Gasteiger partial charge in [0, 0.05) is 30.1 Å². The van der Waals surface area contributed by atoms with Crippen LogP contribution in [0, 0.1) is 0 Å². The van der Waals surface area contributed by atoms with Gasteiger partial charge in [-0.15, -0.1) is 22.7 Å². The first-order chi connectivity index (χ1) is 14.3. The summed E-state index contributed by atoms with van der Waals surface area (Å²) in [6.07, 6.45) is 2.13. The van der Waals surface area contributed by atoms with E-state index in [0.29, 0.717) is 0 Å². The van der Waals surface area contributed by atoms with Gasteiger partial charge in [-0.2, -0.15) is 0 Å². The third-order valence-electron chi connectivity index (χ3n) is 5.69. The lowest BCUT2D eigenvalue weighted by atomic mass is 10.1. The highest BCUT2D eigenvalue weighted by molar-refractivity contribution is 7.18. The molecule has 1 amide bonds. The molecule has 4 nitrogen and oxygen atoms in total. The molecule has 150 valence electrons. The van der Waals surface area contributed by atoms with Crippen LogP contribution in [0.25, 0.3) is 11.1 Å². The predicted molar refractivity (Wildman–Crippen MR) is 120 cm³/mol. The van der Waals surface area contributed by atoms with Crippen LogP contribution in [0.15, 0.2) is 53.9 Å². The largest absolute Gasteiger partial charge is 0.378 e. The van der Waals surface area contributed by atoms with Gasteiger partial charge in [-0.05, 0) is 35.9 Å². The van der Waals surface area contributed by atoms with Crippen LogP contribution < -0.4 is 4.90 Å². The molecule has 2 fully saturated rings. The Morgan fingerprint density at radius 3 is 2.62 bits per heavy atom. The lowest BCUT2D eigenvalue weighted by Gasteiger charge is -2.28. The van der Waals surface area contributed by atoms with E-state index in [1.54, 1.807) is 22.7 Å². The summed E-state index contributed by atoms with van der Waals surface area (Å²) in [5, 5.41) is 3.29. The van der Waals surface area contributed by atoms with Gasteiger partial charge in [-0.3, -0.25) is 4.79 Å². The third-order valence-corrected chi connectivity index (χ3v) is 7.85. The van der Waals surface area contributed by atoms with E-state index in [0.717, 1.165) is 56.1 Å². The predicted octanol–water partition coefficient (Wildman–Crippen LogP) is 5.29. The van der Waals surface area contributed by atoms with Crippen LogP contribution in [-0.2, 0) is 4.74 Å². The Morgan fingerprint density at radius 1 is 1.03 bits per heavy atom. The van der Waals surface area contributed by atoms with Crippen molar-refractivity contribution in [2.75, 3.05) is 37.7 Å². The molecule has 0 N–H and O–H groups in total. The van der Waals surface area contributed by atoms with E-state index >= 15 is 0 Å².